The zero-order valence-electron chi connectivity index (χ0n) is 14.4. The summed E-state index contributed by atoms with van der Waals surface area (Å²) in [5.41, 5.74) is -2.13. The van der Waals surface area contributed by atoms with E-state index < -0.39 is 15.5 Å². The van der Waals surface area contributed by atoms with Crippen molar-refractivity contribution in [3.63, 3.8) is 0 Å². The van der Waals surface area contributed by atoms with E-state index in [1.807, 2.05) is 19.1 Å². The zero-order chi connectivity index (χ0) is 19.8. The van der Waals surface area contributed by atoms with Gasteiger partial charge in [-0.15, -0.1) is 0 Å². The fourth-order valence-electron chi connectivity index (χ4n) is 2.93. The number of carbonyl (C=O) groups excluding carboxylic acids is 1. The maximum Gasteiger partial charge on any atom is 0.516 e. The van der Waals surface area contributed by atoms with Gasteiger partial charge in [0, 0.05) is 24.3 Å². The molecule has 1 amide bonds. The van der Waals surface area contributed by atoms with Crippen molar-refractivity contribution in [1.82, 2.24) is 4.90 Å². The number of carbonyl (C=O) groups is 1. The van der Waals surface area contributed by atoms with E-state index in [0.29, 0.717) is 24.2 Å². The molecule has 0 unspecified atom stereocenters. The minimum absolute atomic E-state index is 0.0990. The lowest BCUT2D eigenvalue weighted by molar-refractivity contribution is -0.0429. The van der Waals surface area contributed by atoms with Crippen LogP contribution in [0.4, 0.5) is 18.9 Å². The minimum Gasteiger partial charge on any atom is -0.334 e. The molecule has 144 valence electrons. The van der Waals surface area contributed by atoms with Crippen molar-refractivity contribution < 1.29 is 26.4 Å². The fraction of sp³-hybridized carbons (Fsp3) is 0.278. The number of alkyl halides is 3. The second-order valence-electron chi connectivity index (χ2n) is 6.39. The molecule has 1 heterocycles. The summed E-state index contributed by atoms with van der Waals surface area (Å²) in [5.74, 6) is -0.0990. The highest BCUT2D eigenvalue weighted by molar-refractivity contribution is 7.93. The van der Waals surface area contributed by atoms with E-state index in [1.165, 1.54) is 29.0 Å². The summed E-state index contributed by atoms with van der Waals surface area (Å²) in [6.07, 6.45) is 0.728. The van der Waals surface area contributed by atoms with Gasteiger partial charge in [0.05, 0.1) is 0 Å². The number of hydrogen-bond acceptors (Lipinski definition) is 3. The number of hydrogen-bond donors (Lipinski definition) is 1. The normalized spacial score (nSPS) is 14.8. The third-order valence-electron chi connectivity index (χ3n) is 4.31. The molecule has 3 rings (SSSR count). The van der Waals surface area contributed by atoms with Gasteiger partial charge in [-0.2, -0.15) is 21.6 Å². The quantitative estimate of drug-likeness (QED) is 0.858. The number of rotatable bonds is 4. The van der Waals surface area contributed by atoms with Crippen LogP contribution in [-0.4, -0.2) is 31.3 Å². The number of benzene rings is 2. The van der Waals surface area contributed by atoms with Crippen LogP contribution in [0.5, 0.6) is 0 Å². The maximum absolute atomic E-state index is 12.6. The summed E-state index contributed by atoms with van der Waals surface area (Å²) >= 11 is 0. The molecule has 2 aromatic carbocycles. The van der Waals surface area contributed by atoms with Crippen molar-refractivity contribution in [2.75, 3.05) is 11.3 Å². The molecule has 0 saturated heterocycles. The molecule has 1 aliphatic rings. The van der Waals surface area contributed by atoms with Gasteiger partial charge in [0.2, 0.25) is 0 Å². The topological polar surface area (TPSA) is 66.5 Å². The van der Waals surface area contributed by atoms with Crippen molar-refractivity contribution >= 4 is 21.6 Å². The second-order valence-corrected chi connectivity index (χ2v) is 8.06. The van der Waals surface area contributed by atoms with Crippen LogP contribution in [0.15, 0.2) is 42.5 Å². The van der Waals surface area contributed by atoms with Gasteiger partial charge in [-0.1, -0.05) is 29.8 Å². The van der Waals surface area contributed by atoms with Crippen molar-refractivity contribution in [3.05, 3.63) is 64.7 Å². The highest BCUT2D eigenvalue weighted by atomic mass is 32.2. The SMILES string of the molecule is Cc1ccc2c(c1)CCN(Cc1ccc(NS(=O)(=O)C(F)(F)F)cc1)C2=O. The van der Waals surface area contributed by atoms with Crippen LogP contribution >= 0.6 is 0 Å². The largest absolute Gasteiger partial charge is 0.516 e. The molecule has 27 heavy (non-hydrogen) atoms. The van der Waals surface area contributed by atoms with Gasteiger partial charge in [-0.25, -0.2) is 0 Å². The van der Waals surface area contributed by atoms with Crippen molar-refractivity contribution in [1.29, 1.82) is 0 Å². The van der Waals surface area contributed by atoms with Gasteiger partial charge in [0.25, 0.3) is 5.91 Å². The Morgan fingerprint density at radius 2 is 1.78 bits per heavy atom. The number of sulfonamides is 1. The zero-order valence-corrected chi connectivity index (χ0v) is 15.2. The van der Waals surface area contributed by atoms with Crippen LogP contribution in [0, 0.1) is 6.92 Å². The number of nitrogens with zero attached hydrogens (tertiary/aromatic N) is 1. The molecule has 0 aliphatic carbocycles. The van der Waals surface area contributed by atoms with Crippen LogP contribution in [0.25, 0.3) is 0 Å². The van der Waals surface area contributed by atoms with Gasteiger partial charge < -0.3 is 4.90 Å². The molecule has 1 N–H and O–H groups in total. The average Bonchev–Trinajstić information content (AvgIpc) is 2.58. The summed E-state index contributed by atoms with van der Waals surface area (Å²) in [6, 6.07) is 11.1. The molecule has 0 spiro atoms. The Morgan fingerprint density at radius 1 is 1.11 bits per heavy atom. The lowest BCUT2D eigenvalue weighted by Crippen LogP contribution is -2.37. The summed E-state index contributed by atoms with van der Waals surface area (Å²) in [7, 11) is -5.45. The standard InChI is InChI=1S/C18H17F3N2O3S/c1-12-2-7-16-14(10-12)8-9-23(17(16)24)11-13-3-5-15(6-4-13)22-27(25,26)18(19,20)21/h2-7,10,22H,8-9,11H2,1H3. The van der Waals surface area contributed by atoms with Gasteiger partial charge in [-0.3, -0.25) is 9.52 Å². The number of anilines is 1. The third-order valence-corrected chi connectivity index (χ3v) is 5.43. The molecular weight excluding hydrogens is 381 g/mol. The van der Waals surface area contributed by atoms with Gasteiger partial charge in [-0.05, 0) is 42.7 Å². The predicted octanol–water partition coefficient (Wildman–Crippen LogP) is 3.46. The molecule has 2 aromatic rings. The summed E-state index contributed by atoms with van der Waals surface area (Å²) in [6.45, 7) is 2.79. The Labute approximate surface area is 154 Å². The predicted molar refractivity (Wildman–Crippen MR) is 94.7 cm³/mol. The first kappa shape index (κ1) is 19.2. The van der Waals surface area contributed by atoms with Crippen molar-refractivity contribution in [2.24, 2.45) is 0 Å². The number of aryl methyl sites for hydroxylation is 1. The first-order valence-electron chi connectivity index (χ1n) is 8.14. The first-order valence-corrected chi connectivity index (χ1v) is 9.62. The Balaban J connectivity index is 1.71. The number of nitrogens with one attached hydrogen (secondary N) is 1. The van der Waals surface area contributed by atoms with E-state index >= 15 is 0 Å². The van der Waals surface area contributed by atoms with E-state index in [9.17, 15) is 26.4 Å². The van der Waals surface area contributed by atoms with Crippen molar-refractivity contribution in [2.45, 2.75) is 25.4 Å². The molecule has 0 fully saturated rings. The minimum atomic E-state index is -5.45. The second kappa shape index (κ2) is 6.88. The number of amides is 1. The van der Waals surface area contributed by atoms with E-state index in [1.54, 1.807) is 11.0 Å². The molecule has 0 saturated carbocycles. The smallest absolute Gasteiger partial charge is 0.334 e. The van der Waals surface area contributed by atoms with E-state index in [-0.39, 0.29) is 11.6 Å². The Bertz CT molecular complexity index is 970. The van der Waals surface area contributed by atoms with Gasteiger partial charge in [0.1, 0.15) is 0 Å². The summed E-state index contributed by atoms with van der Waals surface area (Å²) in [4.78, 5) is 14.3. The van der Waals surface area contributed by atoms with E-state index in [4.69, 9.17) is 0 Å². The highest BCUT2D eigenvalue weighted by Crippen LogP contribution is 2.26. The average molecular weight is 398 g/mol. The van der Waals surface area contributed by atoms with Crippen molar-refractivity contribution in [3.8, 4) is 0 Å². The van der Waals surface area contributed by atoms with Crippen LogP contribution in [0.3, 0.4) is 0 Å². The maximum atomic E-state index is 12.6. The molecule has 5 nitrogen and oxygen atoms in total. The van der Waals surface area contributed by atoms with E-state index in [0.717, 1.165) is 17.5 Å². The Hall–Kier alpha value is -2.55. The molecule has 0 bridgehead atoms. The third kappa shape index (κ3) is 4.08. The monoisotopic (exact) mass is 398 g/mol. The van der Waals surface area contributed by atoms with Gasteiger partial charge in [0.15, 0.2) is 0 Å². The molecule has 0 aromatic heterocycles. The lowest BCUT2D eigenvalue weighted by atomic mass is 9.96. The Kier molecular flexibility index (Phi) is 4.90. The highest BCUT2D eigenvalue weighted by Gasteiger charge is 2.46. The van der Waals surface area contributed by atoms with Crippen LogP contribution in [-0.2, 0) is 23.0 Å². The fourth-order valence-corrected chi connectivity index (χ4v) is 3.49. The molecule has 9 heteroatoms. The van der Waals surface area contributed by atoms with Gasteiger partial charge >= 0.3 is 15.5 Å². The van der Waals surface area contributed by atoms with Crippen LogP contribution in [0.2, 0.25) is 0 Å². The molecular formula is C18H17F3N2O3S. The molecule has 0 radical (unpaired) electrons. The summed E-state index contributed by atoms with van der Waals surface area (Å²) < 4.78 is 60.9. The Morgan fingerprint density at radius 3 is 2.41 bits per heavy atom. The molecule has 0 atom stereocenters. The van der Waals surface area contributed by atoms with Crippen LogP contribution in [0.1, 0.15) is 27.0 Å². The lowest BCUT2D eigenvalue weighted by Gasteiger charge is -2.29. The van der Waals surface area contributed by atoms with Crippen LogP contribution < -0.4 is 4.72 Å². The first-order chi connectivity index (χ1) is 12.6. The number of halogens is 3. The molecule has 1 aliphatic heterocycles. The summed E-state index contributed by atoms with van der Waals surface area (Å²) in [5, 5.41) is 0. The van der Waals surface area contributed by atoms with E-state index in [2.05, 4.69) is 0 Å². The number of fused-ring (bicyclic) bond motifs is 1.